The fourth-order valence-electron chi connectivity index (χ4n) is 1.31. The Morgan fingerprint density at radius 3 is 2.67 bits per heavy atom. The lowest BCUT2D eigenvalue weighted by atomic mass is 10.3. The molecule has 1 aliphatic heterocycles. The molecule has 0 atom stereocenters. The summed E-state index contributed by atoms with van der Waals surface area (Å²) in [6.45, 7) is -0.0451. The molecule has 0 bridgehead atoms. The van der Waals surface area contributed by atoms with Gasteiger partial charge in [-0.05, 0) is 34.1 Å². The number of carbonyl (C=O) groups excluding carboxylic acids is 2. The van der Waals surface area contributed by atoms with Crippen molar-refractivity contribution in [1.29, 1.82) is 0 Å². The average Bonchev–Trinajstić information content (AvgIpc) is 2.52. The molecule has 1 saturated heterocycles. The Kier molecular flexibility index (Phi) is 2.44. The summed E-state index contributed by atoms with van der Waals surface area (Å²) in [7, 11) is 0. The summed E-state index contributed by atoms with van der Waals surface area (Å²) in [4.78, 5) is 23.4. The second kappa shape index (κ2) is 3.62. The van der Waals surface area contributed by atoms with Gasteiger partial charge in [0.2, 0.25) is 0 Å². The Hall–Kier alpha value is -1.43. The molecule has 0 radical (unpaired) electrons. The predicted molar refractivity (Wildman–Crippen MR) is 55.0 cm³/mol. The number of benzene rings is 1. The van der Waals surface area contributed by atoms with E-state index in [1.807, 2.05) is 0 Å². The van der Waals surface area contributed by atoms with Gasteiger partial charge in [0.15, 0.2) is 0 Å². The van der Waals surface area contributed by atoms with Crippen LogP contribution in [0, 0.1) is 5.82 Å². The third-order valence-corrected chi connectivity index (χ3v) is 2.65. The molecule has 1 heterocycles. The van der Waals surface area contributed by atoms with E-state index in [1.54, 1.807) is 0 Å². The fraction of sp³-hybridized carbons (Fsp3) is 0.111. The quantitative estimate of drug-likeness (QED) is 0.791. The molecule has 78 valence electrons. The number of nitrogens with zero attached hydrogens (tertiary/aromatic N) is 1. The first-order valence-electron chi connectivity index (χ1n) is 4.15. The van der Waals surface area contributed by atoms with E-state index in [0.29, 0.717) is 4.47 Å². The first kappa shape index (κ1) is 10.1. The maximum absolute atomic E-state index is 13.2. The number of hydrogen-bond acceptors (Lipinski definition) is 2. The number of carbonyl (C=O) groups is 2. The van der Waals surface area contributed by atoms with Crippen LogP contribution in [-0.2, 0) is 4.79 Å². The van der Waals surface area contributed by atoms with Gasteiger partial charge in [-0.2, -0.15) is 0 Å². The van der Waals surface area contributed by atoms with Crippen molar-refractivity contribution in [3.63, 3.8) is 0 Å². The van der Waals surface area contributed by atoms with E-state index >= 15 is 0 Å². The van der Waals surface area contributed by atoms with Crippen LogP contribution in [0.5, 0.6) is 0 Å². The van der Waals surface area contributed by atoms with Crippen LogP contribution in [0.3, 0.4) is 0 Å². The molecule has 3 amide bonds. The monoisotopic (exact) mass is 272 g/mol. The minimum Gasteiger partial charge on any atom is -0.328 e. The van der Waals surface area contributed by atoms with Crippen LogP contribution in [0.1, 0.15) is 0 Å². The molecule has 0 aromatic heterocycles. The summed E-state index contributed by atoms with van der Waals surface area (Å²) in [5, 5.41) is 2.36. The number of anilines is 1. The number of halogens is 2. The molecule has 1 aliphatic rings. The Labute approximate surface area is 93.2 Å². The van der Waals surface area contributed by atoms with Crippen LogP contribution < -0.4 is 10.2 Å². The molecule has 0 aliphatic carbocycles. The maximum Gasteiger partial charge on any atom is 0.329 e. The smallest absolute Gasteiger partial charge is 0.328 e. The van der Waals surface area contributed by atoms with Gasteiger partial charge < -0.3 is 5.32 Å². The minimum atomic E-state index is -0.526. The third kappa shape index (κ3) is 1.72. The second-order valence-corrected chi connectivity index (χ2v) is 3.84. The van der Waals surface area contributed by atoms with Crippen LogP contribution in [0.4, 0.5) is 14.9 Å². The highest BCUT2D eigenvalue weighted by Gasteiger charge is 2.30. The van der Waals surface area contributed by atoms with E-state index in [9.17, 15) is 14.0 Å². The van der Waals surface area contributed by atoms with Crippen LogP contribution >= 0.6 is 15.9 Å². The molecule has 6 heteroatoms. The molecule has 15 heavy (non-hydrogen) atoms. The topological polar surface area (TPSA) is 49.4 Å². The van der Waals surface area contributed by atoms with E-state index in [4.69, 9.17) is 0 Å². The highest BCUT2D eigenvalue weighted by molar-refractivity contribution is 9.10. The largest absolute Gasteiger partial charge is 0.329 e. The van der Waals surface area contributed by atoms with Crippen LogP contribution in [0.15, 0.2) is 22.7 Å². The zero-order valence-corrected chi connectivity index (χ0v) is 9.04. The van der Waals surface area contributed by atoms with Crippen molar-refractivity contribution >= 4 is 33.6 Å². The summed E-state index contributed by atoms with van der Waals surface area (Å²) in [6, 6.07) is 3.55. The number of urea groups is 1. The molecule has 1 fully saturated rings. The van der Waals surface area contributed by atoms with Crippen molar-refractivity contribution in [3.8, 4) is 0 Å². The molecule has 0 spiro atoms. The number of hydrogen-bond donors (Lipinski definition) is 1. The van der Waals surface area contributed by atoms with E-state index in [-0.39, 0.29) is 18.1 Å². The average molecular weight is 273 g/mol. The van der Waals surface area contributed by atoms with Gasteiger partial charge in [-0.25, -0.2) is 14.1 Å². The zero-order valence-electron chi connectivity index (χ0n) is 7.46. The van der Waals surface area contributed by atoms with Crippen molar-refractivity contribution in [2.24, 2.45) is 0 Å². The van der Waals surface area contributed by atoms with Crippen molar-refractivity contribution in [2.75, 3.05) is 11.4 Å². The summed E-state index contributed by atoms with van der Waals surface area (Å²) >= 11 is 2.99. The first-order chi connectivity index (χ1) is 7.09. The fourth-order valence-corrected chi connectivity index (χ4v) is 1.55. The van der Waals surface area contributed by atoms with Crippen molar-refractivity contribution < 1.29 is 14.0 Å². The Bertz CT molecular complexity index is 434. The lowest BCUT2D eigenvalue weighted by molar-refractivity contribution is -0.115. The van der Waals surface area contributed by atoms with Gasteiger partial charge >= 0.3 is 6.03 Å². The van der Waals surface area contributed by atoms with Crippen LogP contribution in [-0.4, -0.2) is 18.5 Å². The van der Waals surface area contributed by atoms with Crippen molar-refractivity contribution in [2.45, 2.75) is 0 Å². The SMILES string of the molecule is O=C1CNC(=O)N1c1ccc(Br)c(F)c1. The Balaban J connectivity index is 2.41. The summed E-state index contributed by atoms with van der Waals surface area (Å²) in [6.07, 6.45) is 0. The highest BCUT2D eigenvalue weighted by atomic mass is 79.9. The molecule has 1 N–H and O–H groups in total. The summed E-state index contributed by atoms with van der Waals surface area (Å²) < 4.78 is 13.5. The van der Waals surface area contributed by atoms with Gasteiger partial charge in [0.1, 0.15) is 5.82 Å². The summed E-state index contributed by atoms with van der Waals surface area (Å²) in [5.74, 6) is -0.901. The number of amides is 3. The second-order valence-electron chi connectivity index (χ2n) is 2.99. The van der Waals surface area contributed by atoms with E-state index in [0.717, 1.165) is 11.0 Å². The highest BCUT2D eigenvalue weighted by Crippen LogP contribution is 2.23. The van der Waals surface area contributed by atoms with E-state index in [1.165, 1.54) is 12.1 Å². The van der Waals surface area contributed by atoms with Gasteiger partial charge in [0, 0.05) is 0 Å². The van der Waals surface area contributed by atoms with Crippen molar-refractivity contribution in [1.82, 2.24) is 5.32 Å². The van der Waals surface area contributed by atoms with Gasteiger partial charge in [-0.15, -0.1) is 0 Å². The molecule has 0 unspecified atom stereocenters. The van der Waals surface area contributed by atoms with Gasteiger partial charge in [-0.1, -0.05) is 0 Å². The number of imide groups is 1. The zero-order chi connectivity index (χ0) is 11.0. The molecule has 4 nitrogen and oxygen atoms in total. The van der Waals surface area contributed by atoms with Gasteiger partial charge in [-0.3, -0.25) is 4.79 Å². The van der Waals surface area contributed by atoms with E-state index < -0.39 is 11.8 Å². The molecule has 1 aromatic carbocycles. The molecular formula is C9H6BrFN2O2. The van der Waals surface area contributed by atoms with Gasteiger partial charge in [0.25, 0.3) is 5.91 Å². The van der Waals surface area contributed by atoms with Crippen molar-refractivity contribution in [3.05, 3.63) is 28.5 Å². The van der Waals surface area contributed by atoms with Gasteiger partial charge in [0.05, 0.1) is 16.7 Å². The lowest BCUT2D eigenvalue weighted by Crippen LogP contribution is -2.30. The lowest BCUT2D eigenvalue weighted by Gasteiger charge is -2.12. The maximum atomic E-state index is 13.2. The molecular weight excluding hydrogens is 267 g/mol. The van der Waals surface area contributed by atoms with Crippen LogP contribution in [0.25, 0.3) is 0 Å². The minimum absolute atomic E-state index is 0.0451. The number of nitrogens with one attached hydrogen (secondary N) is 1. The normalized spacial score (nSPS) is 15.7. The summed E-state index contributed by atoms with van der Waals surface area (Å²) in [5.41, 5.74) is 0.232. The first-order valence-corrected chi connectivity index (χ1v) is 4.95. The molecule has 0 saturated carbocycles. The Morgan fingerprint density at radius 1 is 1.40 bits per heavy atom. The third-order valence-electron chi connectivity index (χ3n) is 2.00. The van der Waals surface area contributed by atoms with Crippen LogP contribution in [0.2, 0.25) is 0 Å². The standard InChI is InChI=1S/C9H6BrFN2O2/c10-6-2-1-5(3-7(6)11)13-8(14)4-12-9(13)15/h1-3H,4H2,(H,12,15). The predicted octanol–water partition coefficient (Wildman–Crippen LogP) is 1.64. The van der Waals surface area contributed by atoms with E-state index in [2.05, 4.69) is 21.2 Å². The number of rotatable bonds is 1. The molecule has 1 aromatic rings. The molecule has 2 rings (SSSR count). The Morgan fingerprint density at radius 2 is 2.13 bits per heavy atom.